The maximum absolute atomic E-state index is 13.2. The summed E-state index contributed by atoms with van der Waals surface area (Å²) in [4.78, 5) is 4.39. The van der Waals surface area contributed by atoms with Gasteiger partial charge in [-0.25, -0.2) is 8.78 Å². The second kappa shape index (κ2) is 5.58. The highest BCUT2D eigenvalue weighted by molar-refractivity contribution is 5.78. The lowest BCUT2D eigenvalue weighted by atomic mass is 10.0. The Morgan fingerprint density at radius 3 is 2.57 bits per heavy atom. The molecule has 2 nitrogen and oxygen atoms in total. The standard InChI is InChI=1S/C17H13F2NO/c18-13-7-5-11(9-14(13)19)10-17(21)16-8-6-12-3-1-2-4-15(12)20-16/h1-9,17,21H,10H2. The third-order valence-corrected chi connectivity index (χ3v) is 3.37. The Labute approximate surface area is 120 Å². The van der Waals surface area contributed by atoms with Crippen molar-refractivity contribution in [2.45, 2.75) is 12.5 Å². The summed E-state index contributed by atoms with van der Waals surface area (Å²) >= 11 is 0. The van der Waals surface area contributed by atoms with Gasteiger partial charge >= 0.3 is 0 Å². The van der Waals surface area contributed by atoms with E-state index in [9.17, 15) is 13.9 Å². The highest BCUT2D eigenvalue weighted by atomic mass is 19.2. The van der Waals surface area contributed by atoms with Gasteiger partial charge in [0.05, 0.1) is 17.3 Å². The minimum absolute atomic E-state index is 0.183. The largest absolute Gasteiger partial charge is 0.386 e. The minimum atomic E-state index is -0.911. The van der Waals surface area contributed by atoms with Crippen LogP contribution in [0.5, 0.6) is 0 Å². The zero-order valence-corrected chi connectivity index (χ0v) is 11.1. The fraction of sp³-hybridized carbons (Fsp3) is 0.118. The Balaban J connectivity index is 1.85. The SMILES string of the molecule is OC(Cc1ccc(F)c(F)c1)c1ccc2ccccc2n1. The van der Waals surface area contributed by atoms with Gasteiger partial charge in [0.25, 0.3) is 0 Å². The first kappa shape index (κ1) is 13.6. The lowest BCUT2D eigenvalue weighted by molar-refractivity contribution is 0.174. The van der Waals surface area contributed by atoms with Crippen molar-refractivity contribution in [3.05, 3.63) is 77.5 Å². The highest BCUT2D eigenvalue weighted by Crippen LogP contribution is 2.21. The number of hydrogen-bond donors (Lipinski definition) is 1. The Morgan fingerprint density at radius 2 is 1.76 bits per heavy atom. The molecular weight excluding hydrogens is 272 g/mol. The summed E-state index contributed by atoms with van der Waals surface area (Å²) in [6, 6.07) is 14.8. The molecule has 2 aromatic carbocycles. The molecular formula is C17H13F2NO. The van der Waals surface area contributed by atoms with Gasteiger partial charge in [0, 0.05) is 11.8 Å². The molecule has 3 rings (SSSR count). The van der Waals surface area contributed by atoms with Gasteiger partial charge in [0.2, 0.25) is 0 Å². The number of aliphatic hydroxyl groups is 1. The number of hydrogen-bond acceptors (Lipinski definition) is 2. The molecule has 106 valence electrons. The molecule has 1 aromatic heterocycles. The van der Waals surface area contributed by atoms with Gasteiger partial charge in [-0.15, -0.1) is 0 Å². The Bertz CT molecular complexity index is 789. The molecule has 4 heteroatoms. The molecule has 0 saturated carbocycles. The second-order valence-electron chi connectivity index (χ2n) is 4.90. The maximum atomic E-state index is 13.2. The molecule has 0 aliphatic carbocycles. The smallest absolute Gasteiger partial charge is 0.159 e. The third-order valence-electron chi connectivity index (χ3n) is 3.37. The van der Waals surface area contributed by atoms with Crippen molar-refractivity contribution in [1.29, 1.82) is 0 Å². The minimum Gasteiger partial charge on any atom is -0.386 e. The molecule has 1 unspecified atom stereocenters. The number of halogens is 2. The van der Waals surface area contributed by atoms with E-state index in [1.54, 1.807) is 6.07 Å². The number of aliphatic hydroxyl groups excluding tert-OH is 1. The van der Waals surface area contributed by atoms with Crippen LogP contribution in [0.4, 0.5) is 8.78 Å². The van der Waals surface area contributed by atoms with E-state index in [2.05, 4.69) is 4.98 Å². The van der Waals surface area contributed by atoms with Crippen molar-refractivity contribution in [1.82, 2.24) is 4.98 Å². The molecule has 3 aromatic rings. The maximum Gasteiger partial charge on any atom is 0.159 e. The second-order valence-corrected chi connectivity index (χ2v) is 4.90. The molecule has 1 N–H and O–H groups in total. The predicted octanol–water partition coefficient (Wildman–Crippen LogP) is 3.79. The lowest BCUT2D eigenvalue weighted by Crippen LogP contribution is -2.05. The van der Waals surface area contributed by atoms with Crippen LogP contribution in [0, 0.1) is 11.6 Å². The molecule has 0 bridgehead atoms. The number of para-hydroxylation sites is 1. The van der Waals surface area contributed by atoms with Crippen LogP contribution in [0.2, 0.25) is 0 Å². The molecule has 0 radical (unpaired) electrons. The summed E-state index contributed by atoms with van der Waals surface area (Å²) in [7, 11) is 0. The van der Waals surface area contributed by atoms with Crippen molar-refractivity contribution in [2.24, 2.45) is 0 Å². The molecule has 0 amide bonds. The summed E-state index contributed by atoms with van der Waals surface area (Å²) in [6.07, 6.45) is -0.679. The zero-order valence-electron chi connectivity index (χ0n) is 11.1. The number of aromatic nitrogens is 1. The van der Waals surface area contributed by atoms with E-state index >= 15 is 0 Å². The average molecular weight is 285 g/mol. The van der Waals surface area contributed by atoms with Gasteiger partial charge in [-0.05, 0) is 29.8 Å². The number of benzene rings is 2. The van der Waals surface area contributed by atoms with Gasteiger partial charge < -0.3 is 5.11 Å². The zero-order chi connectivity index (χ0) is 14.8. The van der Waals surface area contributed by atoms with Crippen molar-refractivity contribution in [3.8, 4) is 0 Å². The lowest BCUT2D eigenvalue weighted by Gasteiger charge is -2.11. The summed E-state index contributed by atoms with van der Waals surface area (Å²) in [6.45, 7) is 0. The van der Waals surface area contributed by atoms with Crippen molar-refractivity contribution in [3.63, 3.8) is 0 Å². The quantitative estimate of drug-likeness (QED) is 0.794. The fourth-order valence-corrected chi connectivity index (χ4v) is 2.26. The van der Waals surface area contributed by atoms with Crippen molar-refractivity contribution in [2.75, 3.05) is 0 Å². The monoisotopic (exact) mass is 285 g/mol. The number of pyridine rings is 1. The van der Waals surface area contributed by atoms with Crippen molar-refractivity contribution >= 4 is 10.9 Å². The first-order valence-corrected chi connectivity index (χ1v) is 6.61. The van der Waals surface area contributed by atoms with Crippen LogP contribution >= 0.6 is 0 Å². The van der Waals surface area contributed by atoms with E-state index in [1.165, 1.54) is 6.07 Å². The van der Waals surface area contributed by atoms with Crippen LogP contribution in [0.3, 0.4) is 0 Å². The van der Waals surface area contributed by atoms with E-state index in [-0.39, 0.29) is 6.42 Å². The van der Waals surface area contributed by atoms with E-state index in [1.807, 2.05) is 30.3 Å². The van der Waals surface area contributed by atoms with Gasteiger partial charge in [0.1, 0.15) is 0 Å². The topological polar surface area (TPSA) is 33.1 Å². The molecule has 0 fully saturated rings. The van der Waals surface area contributed by atoms with Crippen LogP contribution in [0.15, 0.2) is 54.6 Å². The van der Waals surface area contributed by atoms with Crippen LogP contribution < -0.4 is 0 Å². The Hall–Kier alpha value is -2.33. The first-order chi connectivity index (χ1) is 10.1. The van der Waals surface area contributed by atoms with E-state index in [0.717, 1.165) is 23.0 Å². The molecule has 0 saturated heterocycles. The van der Waals surface area contributed by atoms with Crippen molar-refractivity contribution < 1.29 is 13.9 Å². The average Bonchev–Trinajstić information content (AvgIpc) is 2.50. The normalized spacial score (nSPS) is 12.5. The van der Waals surface area contributed by atoms with Crippen LogP contribution in [0.25, 0.3) is 10.9 Å². The molecule has 1 atom stereocenters. The van der Waals surface area contributed by atoms with Gasteiger partial charge in [-0.2, -0.15) is 0 Å². The number of nitrogens with zero attached hydrogens (tertiary/aromatic N) is 1. The Morgan fingerprint density at radius 1 is 0.952 bits per heavy atom. The molecule has 0 aliphatic heterocycles. The summed E-state index contributed by atoms with van der Waals surface area (Å²) < 4.78 is 26.1. The van der Waals surface area contributed by atoms with E-state index in [0.29, 0.717) is 11.3 Å². The molecule has 1 heterocycles. The third kappa shape index (κ3) is 2.90. The van der Waals surface area contributed by atoms with Crippen LogP contribution in [0.1, 0.15) is 17.4 Å². The Kier molecular flexibility index (Phi) is 3.62. The van der Waals surface area contributed by atoms with E-state index < -0.39 is 17.7 Å². The van der Waals surface area contributed by atoms with Gasteiger partial charge in [-0.1, -0.05) is 30.3 Å². The van der Waals surface area contributed by atoms with E-state index in [4.69, 9.17) is 0 Å². The number of rotatable bonds is 3. The van der Waals surface area contributed by atoms with Gasteiger partial charge in [0.15, 0.2) is 11.6 Å². The predicted molar refractivity (Wildman–Crippen MR) is 76.8 cm³/mol. The highest BCUT2D eigenvalue weighted by Gasteiger charge is 2.12. The summed E-state index contributed by atoms with van der Waals surface area (Å²) in [5.41, 5.74) is 1.83. The molecule has 0 aliphatic rings. The number of fused-ring (bicyclic) bond motifs is 1. The molecule has 21 heavy (non-hydrogen) atoms. The van der Waals surface area contributed by atoms with Crippen LogP contribution in [-0.2, 0) is 6.42 Å². The molecule has 0 spiro atoms. The summed E-state index contributed by atoms with van der Waals surface area (Å²) in [5.74, 6) is -1.80. The fourth-order valence-electron chi connectivity index (χ4n) is 2.26. The summed E-state index contributed by atoms with van der Waals surface area (Å²) in [5, 5.41) is 11.2. The van der Waals surface area contributed by atoms with Crippen LogP contribution in [-0.4, -0.2) is 10.1 Å². The first-order valence-electron chi connectivity index (χ1n) is 6.61. The van der Waals surface area contributed by atoms with Gasteiger partial charge in [-0.3, -0.25) is 4.98 Å².